The fourth-order valence-electron chi connectivity index (χ4n) is 3.59. The molecule has 0 aliphatic rings. The van der Waals surface area contributed by atoms with E-state index >= 15 is 0 Å². The summed E-state index contributed by atoms with van der Waals surface area (Å²) < 4.78 is 28.5. The van der Waals surface area contributed by atoms with Crippen LogP contribution in [0.4, 0.5) is 5.69 Å². The van der Waals surface area contributed by atoms with E-state index in [1.54, 1.807) is 60.7 Å². The number of nitrogens with zero attached hydrogens (tertiary/aromatic N) is 3. The normalized spacial score (nSPS) is 11.1. The van der Waals surface area contributed by atoms with Crippen LogP contribution in [0, 0.1) is 11.3 Å². The summed E-state index contributed by atoms with van der Waals surface area (Å²) in [7, 11) is -2.28. The van der Waals surface area contributed by atoms with Crippen molar-refractivity contribution in [2.24, 2.45) is 5.73 Å². The van der Waals surface area contributed by atoms with Crippen LogP contribution in [0.5, 0.6) is 0 Å². The molecule has 0 unspecified atom stereocenters. The van der Waals surface area contributed by atoms with Gasteiger partial charge in [-0.1, -0.05) is 42.5 Å². The van der Waals surface area contributed by atoms with Crippen LogP contribution in [0.25, 0.3) is 16.8 Å². The molecule has 0 saturated heterocycles. The van der Waals surface area contributed by atoms with Crippen molar-refractivity contribution in [3.05, 3.63) is 95.8 Å². The van der Waals surface area contributed by atoms with Crippen LogP contribution >= 0.6 is 0 Å². The zero-order valence-electron chi connectivity index (χ0n) is 18.8. The van der Waals surface area contributed by atoms with Crippen LogP contribution in [0.3, 0.4) is 0 Å². The maximum absolute atomic E-state index is 13.1. The second-order valence-corrected chi connectivity index (χ2v) is 9.40. The Hall–Kier alpha value is -4.30. The molecular formula is C25H22N6O3S. The average molecular weight is 487 g/mol. The molecule has 0 radical (unpaired) electrons. The molecule has 1 amide bonds. The minimum Gasteiger partial charge on any atom is -0.326 e. The van der Waals surface area contributed by atoms with Gasteiger partial charge in [-0.05, 0) is 48.5 Å². The number of nitrogens with one attached hydrogen (secondary N) is 2. The van der Waals surface area contributed by atoms with Gasteiger partial charge in [0, 0.05) is 23.9 Å². The van der Waals surface area contributed by atoms with Crippen molar-refractivity contribution in [1.82, 2.24) is 14.5 Å². The molecule has 9 nitrogen and oxygen atoms in total. The number of carbonyl (C=O) groups is 1. The van der Waals surface area contributed by atoms with Crippen molar-refractivity contribution in [2.45, 2.75) is 11.4 Å². The van der Waals surface area contributed by atoms with E-state index in [1.165, 1.54) is 23.9 Å². The number of rotatable bonds is 7. The summed E-state index contributed by atoms with van der Waals surface area (Å²) in [6.45, 7) is 0.326. The minimum atomic E-state index is -3.64. The second-order valence-electron chi connectivity index (χ2n) is 7.55. The van der Waals surface area contributed by atoms with Crippen LogP contribution in [0.1, 0.15) is 21.7 Å². The first-order valence-electron chi connectivity index (χ1n) is 10.6. The van der Waals surface area contributed by atoms with Gasteiger partial charge in [0.05, 0.1) is 10.6 Å². The fraction of sp³-hybridized carbons (Fsp3) is 0.0800. The van der Waals surface area contributed by atoms with Crippen molar-refractivity contribution < 1.29 is 13.2 Å². The Kier molecular flexibility index (Phi) is 6.75. The van der Waals surface area contributed by atoms with Gasteiger partial charge < -0.3 is 11.1 Å². The van der Waals surface area contributed by atoms with Gasteiger partial charge in [-0.15, -0.1) is 0 Å². The maximum atomic E-state index is 13.1. The molecule has 0 fully saturated rings. The number of sulfonamides is 1. The standard InChI is InChI=1S/C25H22N6O3S/c1-28-35(33,34)24-8-3-2-7-22(24)18-9-11-19(12-10-18)29-25(32)23-14-20(16-27)30-31(23)21-6-4-5-17(13-21)15-26/h2-14,28H,15,26H2,1H3,(H,29,32). The van der Waals surface area contributed by atoms with E-state index in [2.05, 4.69) is 15.1 Å². The molecule has 35 heavy (non-hydrogen) atoms. The Bertz CT molecular complexity index is 1540. The predicted octanol–water partition coefficient (Wildman–Crippen LogP) is 3.03. The molecule has 0 aliphatic heterocycles. The molecule has 4 aromatic rings. The number of nitriles is 1. The molecule has 4 rings (SSSR count). The number of benzene rings is 3. The first kappa shape index (κ1) is 23.8. The summed E-state index contributed by atoms with van der Waals surface area (Å²) in [5, 5.41) is 16.3. The maximum Gasteiger partial charge on any atom is 0.274 e. The molecule has 4 N–H and O–H groups in total. The highest BCUT2D eigenvalue weighted by atomic mass is 32.2. The van der Waals surface area contributed by atoms with Crippen molar-refractivity contribution >= 4 is 21.6 Å². The van der Waals surface area contributed by atoms with Crippen molar-refractivity contribution in [3.63, 3.8) is 0 Å². The third-order valence-corrected chi connectivity index (χ3v) is 6.82. The SMILES string of the molecule is CNS(=O)(=O)c1ccccc1-c1ccc(NC(=O)c2cc(C#N)nn2-c2cccc(CN)c2)cc1. The van der Waals surface area contributed by atoms with E-state index in [4.69, 9.17) is 5.73 Å². The molecule has 0 aliphatic carbocycles. The Balaban J connectivity index is 1.62. The number of hydrogen-bond acceptors (Lipinski definition) is 6. The molecule has 0 atom stereocenters. The van der Waals surface area contributed by atoms with E-state index in [0.29, 0.717) is 29.0 Å². The smallest absolute Gasteiger partial charge is 0.274 e. The molecular weight excluding hydrogens is 464 g/mol. The van der Waals surface area contributed by atoms with Gasteiger partial charge in [0.15, 0.2) is 5.69 Å². The van der Waals surface area contributed by atoms with Crippen molar-refractivity contribution in [3.8, 4) is 22.9 Å². The quantitative estimate of drug-likeness (QED) is 0.366. The van der Waals surface area contributed by atoms with Gasteiger partial charge >= 0.3 is 0 Å². The monoisotopic (exact) mass is 486 g/mol. The third kappa shape index (κ3) is 4.97. The highest BCUT2D eigenvalue weighted by Gasteiger charge is 2.19. The molecule has 176 valence electrons. The first-order chi connectivity index (χ1) is 16.9. The van der Waals surface area contributed by atoms with E-state index in [9.17, 15) is 18.5 Å². The molecule has 3 aromatic carbocycles. The van der Waals surface area contributed by atoms with Crippen LogP contribution < -0.4 is 15.8 Å². The third-order valence-electron chi connectivity index (χ3n) is 5.35. The number of hydrogen-bond donors (Lipinski definition) is 3. The summed E-state index contributed by atoms with van der Waals surface area (Å²) in [5.74, 6) is -0.455. The van der Waals surface area contributed by atoms with Crippen LogP contribution in [-0.4, -0.2) is 31.2 Å². The van der Waals surface area contributed by atoms with Gasteiger partial charge in [-0.3, -0.25) is 4.79 Å². The topological polar surface area (TPSA) is 143 Å². The predicted molar refractivity (Wildman–Crippen MR) is 132 cm³/mol. The number of carbonyl (C=O) groups excluding carboxylic acids is 1. The molecule has 10 heteroatoms. The Morgan fingerprint density at radius 3 is 2.49 bits per heavy atom. The number of nitrogens with two attached hydrogens (primary N) is 1. The number of anilines is 1. The van der Waals surface area contributed by atoms with Gasteiger partial charge in [0.1, 0.15) is 11.8 Å². The minimum absolute atomic E-state index is 0.103. The van der Waals surface area contributed by atoms with Crippen molar-refractivity contribution in [2.75, 3.05) is 12.4 Å². The lowest BCUT2D eigenvalue weighted by Gasteiger charge is -2.12. The zero-order chi connectivity index (χ0) is 25.0. The summed E-state index contributed by atoms with van der Waals surface area (Å²) in [6, 6.07) is 24.1. The highest BCUT2D eigenvalue weighted by Crippen LogP contribution is 2.28. The lowest BCUT2D eigenvalue weighted by atomic mass is 10.1. The fourth-order valence-corrected chi connectivity index (χ4v) is 4.54. The van der Waals surface area contributed by atoms with Crippen LogP contribution in [-0.2, 0) is 16.6 Å². The van der Waals surface area contributed by atoms with Crippen LogP contribution in [0.15, 0.2) is 83.8 Å². The molecule has 0 spiro atoms. The van der Waals surface area contributed by atoms with Gasteiger partial charge in [-0.25, -0.2) is 17.8 Å². The second kappa shape index (κ2) is 9.90. The van der Waals surface area contributed by atoms with Gasteiger partial charge in [-0.2, -0.15) is 10.4 Å². The lowest BCUT2D eigenvalue weighted by Crippen LogP contribution is -2.19. The molecule has 1 heterocycles. The molecule has 1 aromatic heterocycles. The molecule has 0 saturated carbocycles. The van der Waals surface area contributed by atoms with Gasteiger partial charge in [0.25, 0.3) is 5.91 Å². The van der Waals surface area contributed by atoms with E-state index in [1.807, 2.05) is 12.1 Å². The molecule has 0 bridgehead atoms. The highest BCUT2D eigenvalue weighted by molar-refractivity contribution is 7.89. The van der Waals surface area contributed by atoms with Crippen LogP contribution in [0.2, 0.25) is 0 Å². The summed E-state index contributed by atoms with van der Waals surface area (Å²) in [5.41, 5.74) is 9.19. The largest absolute Gasteiger partial charge is 0.326 e. The summed E-state index contributed by atoms with van der Waals surface area (Å²) >= 11 is 0. The summed E-state index contributed by atoms with van der Waals surface area (Å²) in [4.78, 5) is 13.2. The van der Waals surface area contributed by atoms with E-state index in [-0.39, 0.29) is 16.3 Å². The van der Waals surface area contributed by atoms with Gasteiger partial charge in [0.2, 0.25) is 10.0 Å². The zero-order valence-corrected chi connectivity index (χ0v) is 19.6. The number of aromatic nitrogens is 2. The Morgan fingerprint density at radius 2 is 1.80 bits per heavy atom. The first-order valence-corrected chi connectivity index (χ1v) is 12.1. The Labute approximate surface area is 202 Å². The summed E-state index contributed by atoms with van der Waals surface area (Å²) in [6.07, 6.45) is 0. The average Bonchev–Trinajstić information content (AvgIpc) is 3.34. The lowest BCUT2D eigenvalue weighted by molar-refractivity contribution is 0.101. The van der Waals surface area contributed by atoms with Crippen molar-refractivity contribution in [1.29, 1.82) is 5.26 Å². The Morgan fingerprint density at radius 1 is 1.06 bits per heavy atom. The number of amides is 1. The van der Waals surface area contributed by atoms with E-state index in [0.717, 1.165) is 5.56 Å². The van der Waals surface area contributed by atoms with E-state index < -0.39 is 15.9 Å².